The average Bonchev–Trinajstić information content (AvgIpc) is 2.63. The van der Waals surface area contributed by atoms with E-state index in [1.807, 2.05) is 0 Å². The molecule has 1 N–H and O–H groups in total. The highest BCUT2D eigenvalue weighted by molar-refractivity contribution is 6.35. The van der Waals surface area contributed by atoms with Crippen molar-refractivity contribution in [3.05, 3.63) is 63.6 Å². The van der Waals surface area contributed by atoms with E-state index in [9.17, 15) is 9.59 Å². The number of hydrogen-bond acceptors (Lipinski definition) is 5. The monoisotopic (exact) mass is 404 g/mol. The number of anilines is 1. The zero-order valence-electron chi connectivity index (χ0n) is 14.2. The minimum Gasteiger partial charge on any atom is -0.497 e. The number of amides is 1. The predicted octanol–water partition coefficient (Wildman–Crippen LogP) is 4.09. The van der Waals surface area contributed by atoms with Crippen LogP contribution in [0.15, 0.2) is 48.0 Å². The molecule has 0 aromatic heterocycles. The van der Waals surface area contributed by atoms with Gasteiger partial charge in [0.15, 0.2) is 6.61 Å². The van der Waals surface area contributed by atoms with E-state index in [1.165, 1.54) is 31.4 Å². The van der Waals surface area contributed by atoms with Crippen LogP contribution in [0.3, 0.4) is 0 Å². The highest BCUT2D eigenvalue weighted by Gasteiger charge is 2.14. The Bertz CT molecular complexity index is 915. The van der Waals surface area contributed by atoms with Gasteiger partial charge in [-0.05, 0) is 42.0 Å². The van der Waals surface area contributed by atoms with Crippen LogP contribution < -0.4 is 10.1 Å². The van der Waals surface area contributed by atoms with Crippen molar-refractivity contribution >= 4 is 46.8 Å². The van der Waals surface area contributed by atoms with Crippen LogP contribution in [0.1, 0.15) is 5.56 Å². The third-order valence-electron chi connectivity index (χ3n) is 3.23. The molecule has 0 spiro atoms. The maximum absolute atomic E-state index is 12.0. The first kappa shape index (κ1) is 20.3. The van der Waals surface area contributed by atoms with Crippen LogP contribution in [0.5, 0.6) is 5.75 Å². The van der Waals surface area contributed by atoms with E-state index in [1.54, 1.807) is 30.3 Å². The fourth-order valence-electron chi connectivity index (χ4n) is 2.07. The molecule has 2 aromatic rings. The van der Waals surface area contributed by atoms with Gasteiger partial charge >= 0.3 is 5.97 Å². The Morgan fingerprint density at radius 2 is 1.89 bits per heavy atom. The van der Waals surface area contributed by atoms with Gasteiger partial charge in [-0.2, -0.15) is 5.26 Å². The van der Waals surface area contributed by atoms with Gasteiger partial charge in [0.1, 0.15) is 17.4 Å². The molecule has 1 amide bonds. The molecule has 0 saturated carbocycles. The van der Waals surface area contributed by atoms with Crippen LogP contribution in [0.2, 0.25) is 10.0 Å². The lowest BCUT2D eigenvalue weighted by Crippen LogP contribution is -2.21. The van der Waals surface area contributed by atoms with Gasteiger partial charge in [0.25, 0.3) is 5.91 Å². The number of carbonyl (C=O) groups excluding carboxylic acids is 2. The molecule has 27 heavy (non-hydrogen) atoms. The molecule has 2 rings (SSSR count). The van der Waals surface area contributed by atoms with Gasteiger partial charge < -0.3 is 14.8 Å². The van der Waals surface area contributed by atoms with E-state index in [-0.39, 0.29) is 5.57 Å². The minimum absolute atomic E-state index is 0.248. The standard InChI is InChI=1S/C19H14Cl2N2O4/c1-26-17-4-2-3-12(6-17)5-13(10-22)19(25)27-11-18(24)23-16-8-14(20)7-15(21)9-16/h2-9H,11H2,1H3,(H,23,24)/b13-5+. The van der Waals surface area contributed by atoms with Gasteiger partial charge in [0.05, 0.1) is 7.11 Å². The number of esters is 1. The highest BCUT2D eigenvalue weighted by Crippen LogP contribution is 2.22. The Balaban J connectivity index is 1.99. The van der Waals surface area contributed by atoms with Gasteiger partial charge in [-0.1, -0.05) is 35.3 Å². The molecule has 0 saturated heterocycles. The van der Waals surface area contributed by atoms with Crippen LogP contribution >= 0.6 is 23.2 Å². The Hall–Kier alpha value is -3.01. The van der Waals surface area contributed by atoms with Gasteiger partial charge in [-0.15, -0.1) is 0 Å². The number of nitrogens with one attached hydrogen (secondary N) is 1. The summed E-state index contributed by atoms with van der Waals surface area (Å²) < 4.78 is 9.96. The summed E-state index contributed by atoms with van der Waals surface area (Å²) in [7, 11) is 1.51. The van der Waals surface area contributed by atoms with Crippen molar-refractivity contribution in [2.75, 3.05) is 19.0 Å². The smallest absolute Gasteiger partial charge is 0.349 e. The molecule has 6 nitrogen and oxygen atoms in total. The second kappa shape index (κ2) is 9.62. The fraction of sp³-hybridized carbons (Fsp3) is 0.105. The quantitative estimate of drug-likeness (QED) is 0.444. The summed E-state index contributed by atoms with van der Waals surface area (Å²) in [5.41, 5.74) is 0.698. The van der Waals surface area contributed by atoms with E-state index >= 15 is 0 Å². The number of carbonyl (C=O) groups is 2. The Morgan fingerprint density at radius 3 is 2.52 bits per heavy atom. The fourth-order valence-corrected chi connectivity index (χ4v) is 2.59. The summed E-state index contributed by atoms with van der Waals surface area (Å²) in [6.07, 6.45) is 1.35. The molecule has 0 atom stereocenters. The second-order valence-electron chi connectivity index (χ2n) is 5.23. The number of benzene rings is 2. The molecule has 2 aromatic carbocycles. The topological polar surface area (TPSA) is 88.4 Å². The molecule has 138 valence electrons. The van der Waals surface area contributed by atoms with Crippen LogP contribution in [0.4, 0.5) is 5.69 Å². The van der Waals surface area contributed by atoms with Gasteiger partial charge in [-0.3, -0.25) is 4.79 Å². The summed E-state index contributed by atoms with van der Waals surface area (Å²) in [5.74, 6) is -0.936. The van der Waals surface area contributed by atoms with Gasteiger partial charge in [-0.25, -0.2) is 4.79 Å². The van der Waals surface area contributed by atoms with Crippen molar-refractivity contribution in [1.29, 1.82) is 5.26 Å². The Labute approximate surface area is 165 Å². The zero-order chi connectivity index (χ0) is 19.8. The van der Waals surface area contributed by atoms with Crippen molar-refractivity contribution in [1.82, 2.24) is 0 Å². The molecule has 0 heterocycles. The van der Waals surface area contributed by atoms with E-state index in [0.717, 1.165) is 0 Å². The zero-order valence-corrected chi connectivity index (χ0v) is 15.7. The molecule has 0 aliphatic heterocycles. The van der Waals surface area contributed by atoms with E-state index in [4.69, 9.17) is 37.9 Å². The van der Waals surface area contributed by atoms with E-state index in [0.29, 0.717) is 27.0 Å². The maximum atomic E-state index is 12.0. The van der Waals surface area contributed by atoms with Crippen molar-refractivity contribution < 1.29 is 19.1 Å². The number of methoxy groups -OCH3 is 1. The number of rotatable bonds is 6. The summed E-state index contributed by atoms with van der Waals surface area (Å²) in [5, 5.41) is 12.4. The lowest BCUT2D eigenvalue weighted by Gasteiger charge is -2.07. The predicted molar refractivity (Wildman–Crippen MR) is 103 cm³/mol. The summed E-state index contributed by atoms with van der Waals surface area (Å²) >= 11 is 11.7. The number of nitrogens with zero attached hydrogens (tertiary/aromatic N) is 1. The molecule has 0 unspecified atom stereocenters. The van der Waals surface area contributed by atoms with Crippen LogP contribution in [0, 0.1) is 11.3 Å². The maximum Gasteiger partial charge on any atom is 0.349 e. The lowest BCUT2D eigenvalue weighted by atomic mass is 10.1. The van der Waals surface area contributed by atoms with Crippen molar-refractivity contribution in [3.63, 3.8) is 0 Å². The SMILES string of the molecule is COc1cccc(/C=C(\C#N)C(=O)OCC(=O)Nc2cc(Cl)cc(Cl)c2)c1. The third-order valence-corrected chi connectivity index (χ3v) is 3.66. The first-order chi connectivity index (χ1) is 12.9. The molecule has 8 heteroatoms. The molecule has 0 aliphatic carbocycles. The van der Waals surface area contributed by atoms with Gasteiger partial charge in [0, 0.05) is 15.7 Å². The number of halogens is 2. The molecule has 0 radical (unpaired) electrons. The first-order valence-electron chi connectivity index (χ1n) is 7.60. The number of nitriles is 1. The van der Waals surface area contributed by atoms with E-state index < -0.39 is 18.5 Å². The van der Waals surface area contributed by atoms with Gasteiger partial charge in [0.2, 0.25) is 0 Å². The van der Waals surface area contributed by atoms with Crippen LogP contribution in [-0.2, 0) is 14.3 Å². The van der Waals surface area contributed by atoms with Crippen molar-refractivity contribution in [2.45, 2.75) is 0 Å². The Morgan fingerprint density at radius 1 is 1.19 bits per heavy atom. The van der Waals surface area contributed by atoms with Crippen molar-refractivity contribution in [3.8, 4) is 11.8 Å². The molecular weight excluding hydrogens is 391 g/mol. The molecule has 0 bridgehead atoms. The number of ether oxygens (including phenoxy) is 2. The van der Waals surface area contributed by atoms with Crippen LogP contribution in [-0.4, -0.2) is 25.6 Å². The number of hydrogen-bond donors (Lipinski definition) is 1. The largest absolute Gasteiger partial charge is 0.497 e. The highest BCUT2D eigenvalue weighted by atomic mass is 35.5. The first-order valence-corrected chi connectivity index (χ1v) is 8.36. The molecular formula is C19H14Cl2N2O4. The summed E-state index contributed by atoms with van der Waals surface area (Å²) in [6, 6.07) is 13.1. The normalized spacial score (nSPS) is 10.7. The molecule has 0 fully saturated rings. The molecule has 0 aliphatic rings. The average molecular weight is 405 g/mol. The second-order valence-corrected chi connectivity index (χ2v) is 6.10. The summed E-state index contributed by atoms with van der Waals surface area (Å²) in [4.78, 5) is 23.9. The minimum atomic E-state index is -0.917. The summed E-state index contributed by atoms with van der Waals surface area (Å²) in [6.45, 7) is -0.569. The Kier molecular flexibility index (Phi) is 7.24. The van der Waals surface area contributed by atoms with Crippen LogP contribution in [0.25, 0.3) is 6.08 Å². The van der Waals surface area contributed by atoms with Crippen molar-refractivity contribution in [2.24, 2.45) is 0 Å². The third kappa shape index (κ3) is 6.33. The lowest BCUT2D eigenvalue weighted by molar-refractivity contribution is -0.142. The van der Waals surface area contributed by atoms with E-state index in [2.05, 4.69) is 5.32 Å².